The number of hydrogen-bond acceptors (Lipinski definition) is 0. The SMILES string of the molecule is CCC1(C(Br)c2cc(Br)c(C)cc2Br)CCCC1. The van der Waals surface area contributed by atoms with Crippen molar-refractivity contribution in [2.45, 2.75) is 50.8 Å². The molecule has 0 radical (unpaired) electrons. The summed E-state index contributed by atoms with van der Waals surface area (Å²) in [6, 6.07) is 4.49. The van der Waals surface area contributed by atoms with E-state index in [9.17, 15) is 0 Å². The van der Waals surface area contributed by atoms with Gasteiger partial charge >= 0.3 is 0 Å². The van der Waals surface area contributed by atoms with Crippen LogP contribution in [-0.2, 0) is 0 Å². The molecular formula is C15H19Br3. The number of halogens is 3. The lowest BCUT2D eigenvalue weighted by Crippen LogP contribution is -2.21. The Bertz CT molecular complexity index is 434. The van der Waals surface area contributed by atoms with Crippen molar-refractivity contribution in [3.63, 3.8) is 0 Å². The molecule has 0 N–H and O–H groups in total. The normalized spacial score (nSPS) is 20.1. The molecule has 3 heteroatoms. The highest BCUT2D eigenvalue weighted by atomic mass is 79.9. The Morgan fingerprint density at radius 1 is 1.17 bits per heavy atom. The molecule has 0 aromatic heterocycles. The van der Waals surface area contributed by atoms with Crippen LogP contribution in [0.4, 0.5) is 0 Å². The van der Waals surface area contributed by atoms with E-state index in [0.29, 0.717) is 10.2 Å². The molecule has 1 aromatic rings. The van der Waals surface area contributed by atoms with Crippen molar-refractivity contribution in [2.75, 3.05) is 0 Å². The van der Waals surface area contributed by atoms with E-state index in [2.05, 4.69) is 73.8 Å². The topological polar surface area (TPSA) is 0 Å². The predicted molar refractivity (Wildman–Crippen MR) is 89.4 cm³/mol. The minimum absolute atomic E-state index is 0.442. The van der Waals surface area contributed by atoms with E-state index >= 15 is 0 Å². The molecular weight excluding hydrogens is 420 g/mol. The molecule has 1 aromatic carbocycles. The zero-order chi connectivity index (χ0) is 13.3. The molecule has 0 amide bonds. The lowest BCUT2D eigenvalue weighted by Gasteiger charge is -2.34. The second-order valence-electron chi connectivity index (χ2n) is 5.41. The van der Waals surface area contributed by atoms with E-state index in [0.717, 1.165) is 0 Å². The van der Waals surface area contributed by atoms with Gasteiger partial charge in [-0.25, -0.2) is 0 Å². The van der Waals surface area contributed by atoms with Crippen molar-refractivity contribution in [3.8, 4) is 0 Å². The summed E-state index contributed by atoms with van der Waals surface area (Å²) >= 11 is 11.4. The Hall–Kier alpha value is 0.660. The van der Waals surface area contributed by atoms with Crippen LogP contribution in [0.15, 0.2) is 21.1 Å². The molecule has 0 bridgehead atoms. The van der Waals surface area contributed by atoms with Gasteiger partial charge < -0.3 is 0 Å². The first-order valence-electron chi connectivity index (χ1n) is 6.60. The quantitative estimate of drug-likeness (QED) is 0.449. The molecule has 2 rings (SSSR count). The Morgan fingerprint density at radius 2 is 1.78 bits per heavy atom. The fraction of sp³-hybridized carbons (Fsp3) is 0.600. The van der Waals surface area contributed by atoms with Gasteiger partial charge in [0.2, 0.25) is 0 Å². The van der Waals surface area contributed by atoms with Crippen LogP contribution in [-0.4, -0.2) is 0 Å². The summed E-state index contributed by atoms with van der Waals surface area (Å²) in [4.78, 5) is 0.448. The van der Waals surface area contributed by atoms with E-state index < -0.39 is 0 Å². The third-order valence-corrected chi connectivity index (χ3v) is 7.40. The van der Waals surface area contributed by atoms with Crippen LogP contribution in [0.5, 0.6) is 0 Å². The second kappa shape index (κ2) is 5.97. The number of aryl methyl sites for hydroxylation is 1. The van der Waals surface area contributed by atoms with E-state index in [4.69, 9.17) is 0 Å². The van der Waals surface area contributed by atoms with Gasteiger partial charge in [0.15, 0.2) is 0 Å². The highest BCUT2D eigenvalue weighted by Crippen LogP contribution is 2.55. The van der Waals surface area contributed by atoms with Gasteiger partial charge in [-0.15, -0.1) is 0 Å². The number of alkyl halides is 1. The van der Waals surface area contributed by atoms with E-state index in [1.165, 1.54) is 52.2 Å². The van der Waals surface area contributed by atoms with Crippen molar-refractivity contribution < 1.29 is 0 Å². The van der Waals surface area contributed by atoms with Crippen molar-refractivity contribution in [1.82, 2.24) is 0 Å². The average Bonchev–Trinajstić information content (AvgIpc) is 2.83. The van der Waals surface area contributed by atoms with Gasteiger partial charge in [0.1, 0.15) is 0 Å². The summed E-state index contributed by atoms with van der Waals surface area (Å²) in [5, 5.41) is 0. The van der Waals surface area contributed by atoms with Crippen LogP contribution in [0.1, 0.15) is 55.0 Å². The summed E-state index contributed by atoms with van der Waals surface area (Å²) < 4.78 is 2.43. The molecule has 0 aliphatic heterocycles. The largest absolute Gasteiger partial charge is 0.0832 e. The summed E-state index contributed by atoms with van der Waals surface area (Å²) in [5.74, 6) is 0. The maximum Gasteiger partial charge on any atom is 0.0463 e. The molecule has 1 unspecified atom stereocenters. The minimum atomic E-state index is 0.442. The second-order valence-corrected chi connectivity index (χ2v) is 8.03. The van der Waals surface area contributed by atoms with Crippen LogP contribution in [0.3, 0.4) is 0 Å². The van der Waals surface area contributed by atoms with Crippen molar-refractivity contribution >= 4 is 47.8 Å². The summed E-state index contributed by atoms with van der Waals surface area (Å²) in [7, 11) is 0. The molecule has 1 atom stereocenters. The predicted octanol–water partition coefficient (Wildman–Crippen LogP) is 6.93. The number of rotatable bonds is 3. The van der Waals surface area contributed by atoms with Gasteiger partial charge in [-0.2, -0.15) is 0 Å². The fourth-order valence-electron chi connectivity index (χ4n) is 3.05. The standard InChI is InChI=1S/C15H19Br3/c1-3-15(6-4-5-7-15)14(18)11-9-12(16)10(2)8-13(11)17/h8-9,14H,3-7H2,1-2H3. The Kier molecular flexibility index (Phi) is 4.99. The highest BCUT2D eigenvalue weighted by Gasteiger charge is 2.39. The van der Waals surface area contributed by atoms with E-state index in [-0.39, 0.29) is 0 Å². The zero-order valence-corrected chi connectivity index (χ0v) is 15.7. The van der Waals surface area contributed by atoms with Crippen molar-refractivity contribution in [3.05, 3.63) is 32.2 Å². The molecule has 1 fully saturated rings. The molecule has 0 heterocycles. The molecule has 0 spiro atoms. The molecule has 1 aliphatic rings. The van der Waals surface area contributed by atoms with Gasteiger partial charge in [-0.3, -0.25) is 0 Å². The van der Waals surface area contributed by atoms with Crippen LogP contribution >= 0.6 is 47.8 Å². The van der Waals surface area contributed by atoms with E-state index in [1.807, 2.05) is 0 Å². The first kappa shape index (κ1) is 15.1. The third-order valence-electron chi connectivity index (χ3n) is 4.39. The van der Waals surface area contributed by atoms with Crippen LogP contribution < -0.4 is 0 Å². The minimum Gasteiger partial charge on any atom is -0.0832 e. The third kappa shape index (κ3) is 2.73. The van der Waals surface area contributed by atoms with Crippen LogP contribution in [0.25, 0.3) is 0 Å². The molecule has 18 heavy (non-hydrogen) atoms. The van der Waals surface area contributed by atoms with Gasteiger partial charge in [0.05, 0.1) is 0 Å². The molecule has 0 nitrogen and oxygen atoms in total. The molecule has 1 aliphatic carbocycles. The smallest absolute Gasteiger partial charge is 0.0463 e. The Balaban J connectivity index is 2.39. The maximum atomic E-state index is 3.99. The monoisotopic (exact) mass is 436 g/mol. The molecule has 1 saturated carbocycles. The molecule has 100 valence electrons. The summed E-state index contributed by atoms with van der Waals surface area (Å²) in [5.41, 5.74) is 3.11. The van der Waals surface area contributed by atoms with Crippen molar-refractivity contribution in [1.29, 1.82) is 0 Å². The lowest BCUT2D eigenvalue weighted by molar-refractivity contribution is 0.279. The van der Waals surface area contributed by atoms with Gasteiger partial charge in [-0.1, -0.05) is 67.6 Å². The number of benzene rings is 1. The van der Waals surface area contributed by atoms with Crippen LogP contribution in [0, 0.1) is 12.3 Å². The average molecular weight is 439 g/mol. The van der Waals surface area contributed by atoms with Crippen LogP contribution in [0.2, 0.25) is 0 Å². The van der Waals surface area contributed by atoms with E-state index in [1.54, 1.807) is 0 Å². The Labute approximate surface area is 135 Å². The zero-order valence-electron chi connectivity index (χ0n) is 10.9. The summed E-state index contributed by atoms with van der Waals surface area (Å²) in [6.45, 7) is 4.46. The first-order chi connectivity index (χ1) is 8.50. The maximum absolute atomic E-state index is 3.99. The lowest BCUT2D eigenvalue weighted by atomic mass is 9.77. The van der Waals surface area contributed by atoms with Gasteiger partial charge in [0, 0.05) is 13.8 Å². The fourth-order valence-corrected chi connectivity index (χ4v) is 5.57. The number of hydrogen-bond donors (Lipinski definition) is 0. The van der Waals surface area contributed by atoms with Crippen molar-refractivity contribution in [2.24, 2.45) is 5.41 Å². The first-order valence-corrected chi connectivity index (χ1v) is 9.10. The Morgan fingerprint density at radius 3 is 2.33 bits per heavy atom. The van der Waals surface area contributed by atoms with Gasteiger partial charge in [-0.05, 0) is 54.9 Å². The van der Waals surface area contributed by atoms with Gasteiger partial charge in [0.25, 0.3) is 0 Å². The summed E-state index contributed by atoms with van der Waals surface area (Å²) in [6.07, 6.45) is 6.69. The highest BCUT2D eigenvalue weighted by molar-refractivity contribution is 9.11. The molecule has 0 saturated heterocycles.